The van der Waals surface area contributed by atoms with E-state index < -0.39 is 0 Å². The highest BCUT2D eigenvalue weighted by Crippen LogP contribution is 2.53. The van der Waals surface area contributed by atoms with E-state index in [2.05, 4.69) is 80.4 Å². The van der Waals surface area contributed by atoms with Crippen LogP contribution in [0, 0.1) is 6.92 Å². The summed E-state index contributed by atoms with van der Waals surface area (Å²) in [6.45, 7) is 6.75. The first-order chi connectivity index (χ1) is 14.1. The van der Waals surface area contributed by atoms with Crippen LogP contribution in [0.15, 0.2) is 77.3 Å². The van der Waals surface area contributed by atoms with Gasteiger partial charge >= 0.3 is 0 Å². The number of rotatable bonds is 1. The summed E-state index contributed by atoms with van der Waals surface area (Å²) < 4.78 is 6.49. The average molecular weight is 375 g/mol. The maximum Gasteiger partial charge on any atom is 0.145 e. The molecule has 2 nitrogen and oxygen atoms in total. The smallest absolute Gasteiger partial charge is 0.145 e. The Kier molecular flexibility index (Phi) is 3.18. The van der Waals surface area contributed by atoms with E-state index >= 15 is 0 Å². The Hall–Kier alpha value is -3.39. The van der Waals surface area contributed by atoms with Crippen LogP contribution in [0.2, 0.25) is 0 Å². The SMILES string of the molecule is Cc1ccc2c(oc3ccc4c(c32)-c2ccccc2C4(C)C)c1-c1ccccn1. The van der Waals surface area contributed by atoms with Crippen molar-refractivity contribution in [2.24, 2.45) is 0 Å². The van der Waals surface area contributed by atoms with Crippen molar-refractivity contribution in [1.82, 2.24) is 4.98 Å². The summed E-state index contributed by atoms with van der Waals surface area (Å²) in [5.41, 5.74) is 10.4. The van der Waals surface area contributed by atoms with E-state index in [9.17, 15) is 0 Å². The van der Waals surface area contributed by atoms with Crippen molar-refractivity contribution in [1.29, 1.82) is 0 Å². The van der Waals surface area contributed by atoms with E-state index in [4.69, 9.17) is 4.42 Å². The molecular formula is C27H21NO. The average Bonchev–Trinajstić information content (AvgIpc) is 3.22. The van der Waals surface area contributed by atoms with Gasteiger partial charge in [-0.1, -0.05) is 62.4 Å². The van der Waals surface area contributed by atoms with Gasteiger partial charge in [-0.3, -0.25) is 4.98 Å². The number of aromatic nitrogens is 1. The Labute approximate surface area is 169 Å². The number of fused-ring (bicyclic) bond motifs is 7. The minimum atomic E-state index is -0.0157. The molecular weight excluding hydrogens is 354 g/mol. The molecule has 1 aliphatic rings. The minimum Gasteiger partial charge on any atom is -0.455 e. The lowest BCUT2D eigenvalue weighted by Crippen LogP contribution is -2.14. The highest BCUT2D eigenvalue weighted by Gasteiger charge is 2.37. The number of benzene rings is 3. The molecule has 0 bridgehead atoms. The van der Waals surface area contributed by atoms with E-state index in [1.54, 1.807) is 0 Å². The summed E-state index contributed by atoms with van der Waals surface area (Å²) in [4.78, 5) is 4.60. The molecule has 6 rings (SSSR count). The van der Waals surface area contributed by atoms with Gasteiger partial charge in [-0.25, -0.2) is 0 Å². The first-order valence-corrected chi connectivity index (χ1v) is 10.1. The van der Waals surface area contributed by atoms with Crippen LogP contribution in [0.3, 0.4) is 0 Å². The monoisotopic (exact) mass is 375 g/mol. The summed E-state index contributed by atoms with van der Waals surface area (Å²) in [5, 5.41) is 2.38. The molecule has 0 saturated heterocycles. The Bertz CT molecular complexity index is 1420. The summed E-state index contributed by atoms with van der Waals surface area (Å²) in [7, 11) is 0. The molecule has 0 radical (unpaired) electrons. The summed E-state index contributed by atoms with van der Waals surface area (Å²) in [6, 6.07) is 23.6. The Balaban J connectivity index is 1.79. The van der Waals surface area contributed by atoms with E-state index in [-0.39, 0.29) is 5.41 Å². The number of hydrogen-bond donors (Lipinski definition) is 0. The van der Waals surface area contributed by atoms with Gasteiger partial charge in [0.25, 0.3) is 0 Å². The minimum absolute atomic E-state index is 0.0157. The van der Waals surface area contributed by atoms with Gasteiger partial charge in [0.15, 0.2) is 0 Å². The predicted molar refractivity (Wildman–Crippen MR) is 119 cm³/mol. The molecule has 0 amide bonds. The van der Waals surface area contributed by atoms with Crippen LogP contribution in [0.25, 0.3) is 44.3 Å². The van der Waals surface area contributed by atoms with E-state index in [0.717, 1.165) is 27.8 Å². The third kappa shape index (κ3) is 2.09. The highest BCUT2D eigenvalue weighted by molar-refractivity contribution is 6.17. The molecule has 0 fully saturated rings. The number of hydrogen-bond acceptors (Lipinski definition) is 2. The van der Waals surface area contributed by atoms with Crippen LogP contribution >= 0.6 is 0 Å². The van der Waals surface area contributed by atoms with Crippen molar-refractivity contribution in [3.63, 3.8) is 0 Å². The molecule has 5 aromatic rings. The summed E-state index contributed by atoms with van der Waals surface area (Å²) >= 11 is 0. The third-order valence-corrected chi connectivity index (χ3v) is 6.48. The van der Waals surface area contributed by atoms with Gasteiger partial charge in [0.2, 0.25) is 0 Å². The first kappa shape index (κ1) is 16.6. The van der Waals surface area contributed by atoms with Crippen molar-refractivity contribution < 1.29 is 4.42 Å². The van der Waals surface area contributed by atoms with Gasteiger partial charge < -0.3 is 4.42 Å². The lowest BCUT2D eigenvalue weighted by molar-refractivity contribution is 0.657. The fraction of sp³-hybridized carbons (Fsp3) is 0.148. The van der Waals surface area contributed by atoms with Crippen molar-refractivity contribution in [2.75, 3.05) is 0 Å². The lowest BCUT2D eigenvalue weighted by Gasteiger charge is -2.21. The van der Waals surface area contributed by atoms with Gasteiger partial charge in [0, 0.05) is 27.9 Å². The van der Waals surface area contributed by atoms with Crippen molar-refractivity contribution in [3.8, 4) is 22.4 Å². The molecule has 0 aliphatic heterocycles. The topological polar surface area (TPSA) is 26.0 Å². The van der Waals surface area contributed by atoms with Gasteiger partial charge in [0.05, 0.1) is 5.69 Å². The van der Waals surface area contributed by atoms with Crippen LogP contribution in [0.5, 0.6) is 0 Å². The second-order valence-electron chi connectivity index (χ2n) is 8.48. The number of nitrogens with zero attached hydrogens (tertiary/aromatic N) is 1. The largest absolute Gasteiger partial charge is 0.455 e. The molecule has 29 heavy (non-hydrogen) atoms. The zero-order valence-electron chi connectivity index (χ0n) is 16.8. The molecule has 2 heteroatoms. The molecule has 1 aliphatic carbocycles. The van der Waals surface area contributed by atoms with Crippen LogP contribution in [-0.2, 0) is 5.41 Å². The molecule has 0 unspecified atom stereocenters. The fourth-order valence-corrected chi connectivity index (χ4v) is 5.05. The van der Waals surface area contributed by atoms with Gasteiger partial charge in [-0.15, -0.1) is 0 Å². The highest BCUT2D eigenvalue weighted by atomic mass is 16.3. The number of furan rings is 1. The van der Waals surface area contributed by atoms with Gasteiger partial charge in [-0.05, 0) is 52.9 Å². The maximum absolute atomic E-state index is 6.49. The van der Waals surface area contributed by atoms with Gasteiger partial charge in [0.1, 0.15) is 11.2 Å². The second kappa shape index (κ2) is 5.57. The molecule has 0 atom stereocenters. The van der Waals surface area contributed by atoms with Crippen LogP contribution in [0.1, 0.15) is 30.5 Å². The van der Waals surface area contributed by atoms with E-state index in [1.807, 2.05) is 18.3 Å². The number of pyridine rings is 1. The molecule has 140 valence electrons. The summed E-state index contributed by atoms with van der Waals surface area (Å²) in [5.74, 6) is 0. The molecule has 0 N–H and O–H groups in total. The Morgan fingerprint density at radius 2 is 1.62 bits per heavy atom. The predicted octanol–water partition coefficient (Wildman–Crippen LogP) is 7.26. The molecule has 2 heterocycles. The van der Waals surface area contributed by atoms with Crippen molar-refractivity contribution >= 4 is 21.9 Å². The number of aryl methyl sites for hydroxylation is 1. The fourth-order valence-electron chi connectivity index (χ4n) is 5.05. The quantitative estimate of drug-likeness (QED) is 0.308. The summed E-state index contributed by atoms with van der Waals surface area (Å²) in [6.07, 6.45) is 1.84. The first-order valence-electron chi connectivity index (χ1n) is 10.1. The zero-order valence-corrected chi connectivity index (χ0v) is 16.8. The van der Waals surface area contributed by atoms with Crippen molar-refractivity contribution in [2.45, 2.75) is 26.2 Å². The van der Waals surface area contributed by atoms with Crippen LogP contribution in [-0.4, -0.2) is 4.98 Å². The molecule has 0 spiro atoms. The van der Waals surface area contributed by atoms with Crippen molar-refractivity contribution in [3.05, 3.63) is 89.6 Å². The van der Waals surface area contributed by atoms with E-state index in [0.29, 0.717) is 0 Å². The van der Waals surface area contributed by atoms with Crippen LogP contribution < -0.4 is 0 Å². The third-order valence-electron chi connectivity index (χ3n) is 6.48. The maximum atomic E-state index is 6.49. The molecule has 0 saturated carbocycles. The molecule has 2 aromatic heterocycles. The normalized spacial score (nSPS) is 14.3. The Morgan fingerprint density at radius 3 is 2.45 bits per heavy atom. The Morgan fingerprint density at radius 1 is 0.793 bits per heavy atom. The molecule has 3 aromatic carbocycles. The van der Waals surface area contributed by atoms with Crippen LogP contribution in [0.4, 0.5) is 0 Å². The van der Waals surface area contributed by atoms with Gasteiger partial charge in [-0.2, -0.15) is 0 Å². The standard InChI is InChI=1S/C27H21NO/c1-16-11-12-18-25-22(29-26(18)23(16)21-10-6-7-15-28-21)14-13-20-24(25)17-8-4-5-9-19(17)27(20,2)3/h4-15H,1-3H3. The van der Waals surface area contributed by atoms with E-state index in [1.165, 1.54) is 33.2 Å². The second-order valence-corrected chi connectivity index (χ2v) is 8.48. The lowest BCUT2D eigenvalue weighted by atomic mass is 9.82. The zero-order chi connectivity index (χ0) is 19.8.